The predicted octanol–water partition coefficient (Wildman–Crippen LogP) is 3.97. The molecular weight excluding hydrogens is 289 g/mol. The van der Waals surface area contributed by atoms with E-state index in [-0.39, 0.29) is 6.42 Å². The van der Waals surface area contributed by atoms with Crippen molar-refractivity contribution in [3.05, 3.63) is 41.7 Å². The Labute approximate surface area is 128 Å². The fourth-order valence-corrected chi connectivity index (χ4v) is 3.79. The molecule has 1 aromatic heterocycles. The van der Waals surface area contributed by atoms with Gasteiger partial charge in [-0.15, -0.1) is 0 Å². The smallest absolute Gasteiger partial charge is 0.232 e. The molecular formula is C17H20F3N2+. The van der Waals surface area contributed by atoms with Crippen LogP contribution in [0, 0.1) is 11.6 Å². The largest absolute Gasteiger partial charge is 0.294 e. The molecule has 22 heavy (non-hydrogen) atoms. The highest BCUT2D eigenvalue weighted by molar-refractivity contribution is 5.65. The Bertz CT molecular complexity index is 753. The highest BCUT2D eigenvalue weighted by Crippen LogP contribution is 2.54. The lowest BCUT2D eigenvalue weighted by Gasteiger charge is -2.44. The van der Waals surface area contributed by atoms with Crippen LogP contribution in [0.25, 0.3) is 11.4 Å². The number of halogens is 3. The van der Waals surface area contributed by atoms with E-state index in [1.165, 1.54) is 10.6 Å². The number of aryl methyl sites for hydroxylation is 1. The molecule has 1 aliphatic rings. The van der Waals surface area contributed by atoms with E-state index < -0.39 is 22.8 Å². The SMILES string of the molecule is CCC1(C)c2cc(F)cc(F)c2-c2n(cc[n+]2C)[C@]1(F)CC. The predicted molar refractivity (Wildman–Crippen MR) is 78.0 cm³/mol. The number of alkyl halides is 1. The van der Waals surface area contributed by atoms with E-state index in [0.29, 0.717) is 23.4 Å². The molecule has 0 bridgehead atoms. The maximum atomic E-state index is 16.0. The molecule has 0 saturated heterocycles. The Balaban J connectivity index is 2.50. The zero-order valence-corrected chi connectivity index (χ0v) is 13.3. The number of rotatable bonds is 2. The van der Waals surface area contributed by atoms with Crippen molar-refractivity contribution in [1.82, 2.24) is 4.57 Å². The number of hydrogen-bond acceptors (Lipinski definition) is 0. The molecule has 2 heterocycles. The van der Waals surface area contributed by atoms with E-state index in [4.69, 9.17) is 0 Å². The van der Waals surface area contributed by atoms with Crippen molar-refractivity contribution in [3.63, 3.8) is 0 Å². The number of fused-ring (bicyclic) bond motifs is 3. The average molecular weight is 309 g/mol. The molecule has 2 nitrogen and oxygen atoms in total. The molecule has 0 N–H and O–H groups in total. The zero-order chi connectivity index (χ0) is 16.3. The molecule has 0 fully saturated rings. The van der Waals surface area contributed by atoms with Gasteiger partial charge in [-0.1, -0.05) is 13.8 Å². The Morgan fingerprint density at radius 2 is 1.86 bits per heavy atom. The minimum absolute atomic E-state index is 0.219. The first kappa shape index (κ1) is 15.1. The molecule has 1 aromatic carbocycles. The van der Waals surface area contributed by atoms with Crippen LogP contribution < -0.4 is 4.57 Å². The van der Waals surface area contributed by atoms with Gasteiger partial charge in [0.15, 0.2) is 0 Å². The van der Waals surface area contributed by atoms with Gasteiger partial charge in [-0.2, -0.15) is 8.96 Å². The summed E-state index contributed by atoms with van der Waals surface area (Å²) in [5.41, 5.74) is -0.308. The van der Waals surface area contributed by atoms with Crippen LogP contribution in [0.3, 0.4) is 0 Å². The lowest BCUT2D eigenvalue weighted by molar-refractivity contribution is -0.660. The van der Waals surface area contributed by atoms with E-state index >= 15 is 4.39 Å². The molecule has 118 valence electrons. The molecule has 2 atom stereocenters. The van der Waals surface area contributed by atoms with E-state index in [2.05, 4.69) is 0 Å². The molecule has 0 radical (unpaired) electrons. The van der Waals surface area contributed by atoms with Crippen molar-refractivity contribution in [1.29, 1.82) is 0 Å². The summed E-state index contributed by atoms with van der Waals surface area (Å²) in [5, 5.41) is 0. The van der Waals surface area contributed by atoms with E-state index in [1.807, 2.05) is 6.92 Å². The summed E-state index contributed by atoms with van der Waals surface area (Å²) < 4.78 is 47.5. The molecule has 3 rings (SSSR count). The second kappa shape index (κ2) is 4.61. The van der Waals surface area contributed by atoms with E-state index in [1.54, 1.807) is 37.9 Å². The summed E-state index contributed by atoms with van der Waals surface area (Å²) in [4.78, 5) is 0. The van der Waals surface area contributed by atoms with E-state index in [0.717, 1.165) is 6.07 Å². The number of aromatic nitrogens is 2. The van der Waals surface area contributed by atoms with Crippen LogP contribution in [0.5, 0.6) is 0 Å². The molecule has 1 aliphatic heterocycles. The van der Waals surface area contributed by atoms with Crippen molar-refractivity contribution in [2.24, 2.45) is 7.05 Å². The maximum Gasteiger partial charge on any atom is 0.294 e. The zero-order valence-electron chi connectivity index (χ0n) is 13.3. The Hall–Kier alpha value is -1.78. The first-order valence-electron chi connectivity index (χ1n) is 7.56. The molecule has 0 saturated carbocycles. The third kappa shape index (κ3) is 1.59. The van der Waals surface area contributed by atoms with Gasteiger partial charge >= 0.3 is 0 Å². The third-order valence-electron chi connectivity index (χ3n) is 5.28. The molecule has 0 amide bonds. The fourth-order valence-electron chi connectivity index (χ4n) is 3.79. The standard InChI is InChI=1S/C17H20F3N2/c1-5-16(3)12-9-11(18)10-13(19)14(12)15-21(4)7-8-22(15)17(16,20)6-2/h7-10H,5-6H2,1-4H3/q+1/t16?,17-/m1/s1. The van der Waals surface area contributed by atoms with Crippen LogP contribution in [0.15, 0.2) is 24.5 Å². The highest BCUT2D eigenvalue weighted by Gasteiger charge is 2.59. The van der Waals surface area contributed by atoms with Crippen LogP contribution in [0.4, 0.5) is 13.2 Å². The molecule has 5 heteroatoms. The van der Waals surface area contributed by atoms with Gasteiger partial charge in [0.25, 0.3) is 11.6 Å². The fraction of sp³-hybridized carbons (Fsp3) is 0.471. The maximum absolute atomic E-state index is 16.0. The molecule has 0 aliphatic carbocycles. The van der Waals surface area contributed by atoms with Crippen molar-refractivity contribution in [2.75, 3.05) is 0 Å². The summed E-state index contributed by atoms with van der Waals surface area (Å²) in [7, 11) is 1.74. The van der Waals surface area contributed by atoms with Crippen LogP contribution in [0.1, 0.15) is 39.2 Å². The number of nitrogens with zero attached hydrogens (tertiary/aromatic N) is 2. The minimum Gasteiger partial charge on any atom is -0.232 e. The number of benzene rings is 1. The normalized spacial score (nSPS) is 26.7. The molecule has 1 unspecified atom stereocenters. The second-order valence-corrected chi connectivity index (χ2v) is 6.21. The first-order valence-corrected chi connectivity index (χ1v) is 7.56. The number of hydrogen-bond donors (Lipinski definition) is 0. The number of imidazole rings is 1. The summed E-state index contributed by atoms with van der Waals surface area (Å²) in [6, 6.07) is 2.14. The van der Waals surface area contributed by atoms with Gasteiger partial charge in [0, 0.05) is 12.5 Å². The highest BCUT2D eigenvalue weighted by atomic mass is 19.1. The van der Waals surface area contributed by atoms with Gasteiger partial charge in [0.1, 0.15) is 29.6 Å². The monoisotopic (exact) mass is 309 g/mol. The Morgan fingerprint density at radius 1 is 1.18 bits per heavy atom. The lowest BCUT2D eigenvalue weighted by atomic mass is 9.67. The van der Waals surface area contributed by atoms with Gasteiger partial charge in [-0.25, -0.2) is 13.3 Å². The van der Waals surface area contributed by atoms with Crippen molar-refractivity contribution < 1.29 is 17.7 Å². The summed E-state index contributed by atoms with van der Waals surface area (Å²) in [5.74, 6) is -2.62. The van der Waals surface area contributed by atoms with Crippen LogP contribution in [0.2, 0.25) is 0 Å². The van der Waals surface area contributed by atoms with Crippen LogP contribution in [-0.4, -0.2) is 4.57 Å². The molecule has 2 aromatic rings. The topological polar surface area (TPSA) is 8.81 Å². The minimum atomic E-state index is -1.73. The third-order valence-corrected chi connectivity index (χ3v) is 5.28. The van der Waals surface area contributed by atoms with E-state index in [9.17, 15) is 8.78 Å². The van der Waals surface area contributed by atoms with Gasteiger partial charge in [-0.3, -0.25) is 0 Å². The van der Waals surface area contributed by atoms with Crippen molar-refractivity contribution in [3.8, 4) is 11.4 Å². The van der Waals surface area contributed by atoms with Crippen LogP contribution >= 0.6 is 0 Å². The summed E-state index contributed by atoms with van der Waals surface area (Å²) >= 11 is 0. The Kier molecular flexibility index (Phi) is 3.17. The molecule has 0 spiro atoms. The van der Waals surface area contributed by atoms with Crippen LogP contribution in [-0.2, 0) is 18.3 Å². The van der Waals surface area contributed by atoms with Crippen molar-refractivity contribution >= 4 is 0 Å². The Morgan fingerprint density at radius 3 is 2.45 bits per heavy atom. The van der Waals surface area contributed by atoms with Gasteiger partial charge in [0.05, 0.1) is 12.5 Å². The lowest BCUT2D eigenvalue weighted by Crippen LogP contribution is -2.52. The van der Waals surface area contributed by atoms with Gasteiger partial charge in [0.2, 0.25) is 0 Å². The van der Waals surface area contributed by atoms with Crippen molar-refractivity contribution in [2.45, 2.75) is 44.8 Å². The van der Waals surface area contributed by atoms with Gasteiger partial charge in [-0.05, 0) is 25.0 Å². The van der Waals surface area contributed by atoms with Gasteiger partial charge < -0.3 is 0 Å². The quantitative estimate of drug-likeness (QED) is 0.742. The summed E-state index contributed by atoms with van der Waals surface area (Å²) in [6.45, 7) is 5.36. The summed E-state index contributed by atoms with van der Waals surface area (Å²) in [6.07, 6.45) is 4.00. The second-order valence-electron chi connectivity index (χ2n) is 6.21. The first-order chi connectivity index (χ1) is 10.3. The average Bonchev–Trinajstić information content (AvgIpc) is 2.86.